The summed E-state index contributed by atoms with van der Waals surface area (Å²) in [6.45, 7) is 1.57. The molecule has 0 unspecified atom stereocenters. The summed E-state index contributed by atoms with van der Waals surface area (Å²) in [5, 5.41) is 5.37. The van der Waals surface area contributed by atoms with E-state index in [1.54, 1.807) is 12.2 Å². The molecule has 2 amide bonds. The van der Waals surface area contributed by atoms with Gasteiger partial charge < -0.3 is 10.6 Å². The number of carbonyl (C=O) groups is 2. The van der Waals surface area contributed by atoms with Gasteiger partial charge in [-0.25, -0.2) is 0 Å². The van der Waals surface area contributed by atoms with Gasteiger partial charge in [-0.3, -0.25) is 9.59 Å². The van der Waals surface area contributed by atoms with Crippen molar-refractivity contribution < 1.29 is 22.8 Å². The van der Waals surface area contributed by atoms with Crippen molar-refractivity contribution in [2.24, 2.45) is 0 Å². The smallest absolute Gasteiger partial charge is 0.355 e. The van der Waals surface area contributed by atoms with E-state index in [-0.39, 0.29) is 10.6 Å². The molecular weight excluding hydrogens is 257 g/mol. The Kier molecular flexibility index (Phi) is 3.76. The molecule has 0 bridgehead atoms. The van der Waals surface area contributed by atoms with Gasteiger partial charge in [-0.2, -0.15) is 13.2 Å². The number of thiophene rings is 1. The summed E-state index contributed by atoms with van der Waals surface area (Å²) < 4.78 is 36.1. The maximum absolute atomic E-state index is 12.0. The van der Waals surface area contributed by atoms with Gasteiger partial charge in [0, 0.05) is 7.05 Å². The van der Waals surface area contributed by atoms with Crippen LogP contribution in [0.1, 0.15) is 15.9 Å². The van der Waals surface area contributed by atoms with Crippen LogP contribution in [0.5, 0.6) is 0 Å². The first kappa shape index (κ1) is 13.5. The molecule has 1 heterocycles. The van der Waals surface area contributed by atoms with Crippen molar-refractivity contribution in [1.82, 2.24) is 5.32 Å². The molecule has 17 heavy (non-hydrogen) atoms. The van der Waals surface area contributed by atoms with Crippen molar-refractivity contribution in [3.63, 3.8) is 0 Å². The summed E-state index contributed by atoms with van der Waals surface area (Å²) in [7, 11) is 1.36. The second-order valence-electron chi connectivity index (χ2n) is 3.15. The van der Waals surface area contributed by atoms with E-state index in [0.29, 0.717) is 5.56 Å². The number of hydrogen-bond acceptors (Lipinski definition) is 3. The maximum Gasteiger partial charge on any atom is 0.471 e. The van der Waals surface area contributed by atoms with E-state index in [4.69, 9.17) is 0 Å². The molecule has 1 aromatic rings. The second-order valence-corrected chi connectivity index (χ2v) is 4.03. The zero-order chi connectivity index (χ0) is 13.2. The standard InChI is InChI=1S/C9H9F3N2O2S/c1-4-3-17-7(5(4)6(15)13-2)14-8(16)9(10,11)12/h3H,1-2H3,(H,13,15)(H,14,16). The lowest BCUT2D eigenvalue weighted by Gasteiger charge is -2.08. The maximum atomic E-state index is 12.0. The van der Waals surface area contributed by atoms with Gasteiger partial charge in [0.05, 0.1) is 5.56 Å². The quantitative estimate of drug-likeness (QED) is 0.859. The molecule has 1 aromatic heterocycles. The van der Waals surface area contributed by atoms with Crippen LogP contribution in [0, 0.1) is 6.92 Å². The van der Waals surface area contributed by atoms with Crippen LogP contribution >= 0.6 is 11.3 Å². The zero-order valence-corrected chi connectivity index (χ0v) is 9.75. The number of carbonyl (C=O) groups excluding carboxylic acids is 2. The Morgan fingerprint density at radius 1 is 1.35 bits per heavy atom. The van der Waals surface area contributed by atoms with Gasteiger partial charge in [0.25, 0.3) is 5.91 Å². The number of amides is 2. The molecule has 0 atom stereocenters. The molecule has 0 saturated heterocycles. The summed E-state index contributed by atoms with van der Waals surface area (Å²) in [5.74, 6) is -2.63. The van der Waals surface area contributed by atoms with Crippen molar-refractivity contribution >= 4 is 28.2 Å². The van der Waals surface area contributed by atoms with Gasteiger partial charge in [-0.15, -0.1) is 11.3 Å². The van der Waals surface area contributed by atoms with Crippen LogP contribution in [-0.2, 0) is 4.79 Å². The van der Waals surface area contributed by atoms with E-state index in [2.05, 4.69) is 5.32 Å². The first-order valence-corrected chi connectivity index (χ1v) is 5.33. The monoisotopic (exact) mass is 266 g/mol. The Hall–Kier alpha value is -1.57. The highest BCUT2D eigenvalue weighted by Crippen LogP contribution is 2.29. The molecule has 4 nitrogen and oxygen atoms in total. The average Bonchev–Trinajstić information content (AvgIpc) is 2.57. The highest BCUT2D eigenvalue weighted by molar-refractivity contribution is 7.15. The van der Waals surface area contributed by atoms with Gasteiger partial charge in [0.1, 0.15) is 5.00 Å². The van der Waals surface area contributed by atoms with Gasteiger partial charge in [0.2, 0.25) is 0 Å². The number of alkyl halides is 3. The summed E-state index contributed by atoms with van der Waals surface area (Å²) in [4.78, 5) is 22.2. The Labute approximate surface area is 98.8 Å². The van der Waals surface area contributed by atoms with Crippen LogP contribution in [0.15, 0.2) is 5.38 Å². The van der Waals surface area contributed by atoms with Crippen LogP contribution in [-0.4, -0.2) is 25.0 Å². The molecule has 2 N–H and O–H groups in total. The Bertz CT molecular complexity index is 454. The van der Waals surface area contributed by atoms with Gasteiger partial charge >= 0.3 is 12.1 Å². The van der Waals surface area contributed by atoms with E-state index in [1.165, 1.54) is 12.4 Å². The molecule has 0 fully saturated rings. The van der Waals surface area contributed by atoms with Crippen molar-refractivity contribution in [1.29, 1.82) is 0 Å². The minimum Gasteiger partial charge on any atom is -0.355 e. The zero-order valence-electron chi connectivity index (χ0n) is 8.94. The summed E-state index contributed by atoms with van der Waals surface area (Å²) in [5.41, 5.74) is 0.557. The molecule has 0 aliphatic rings. The lowest BCUT2D eigenvalue weighted by atomic mass is 10.2. The minimum atomic E-state index is -4.97. The highest BCUT2D eigenvalue weighted by Gasteiger charge is 2.39. The molecule has 94 valence electrons. The van der Waals surface area contributed by atoms with Crippen LogP contribution in [0.2, 0.25) is 0 Å². The van der Waals surface area contributed by atoms with Crippen molar-refractivity contribution in [3.8, 4) is 0 Å². The molecule has 0 radical (unpaired) electrons. The third-order valence-corrected chi connectivity index (χ3v) is 2.93. The van der Waals surface area contributed by atoms with E-state index in [9.17, 15) is 22.8 Å². The van der Waals surface area contributed by atoms with Gasteiger partial charge in [-0.05, 0) is 17.9 Å². The first-order chi connectivity index (χ1) is 7.77. The third-order valence-electron chi connectivity index (χ3n) is 1.91. The predicted octanol–water partition coefficient (Wildman–Crippen LogP) is 1.92. The van der Waals surface area contributed by atoms with Crippen molar-refractivity contribution in [3.05, 3.63) is 16.5 Å². The number of hydrogen-bond donors (Lipinski definition) is 2. The van der Waals surface area contributed by atoms with E-state index < -0.39 is 18.0 Å². The fourth-order valence-corrected chi connectivity index (χ4v) is 2.05. The molecule has 8 heteroatoms. The third kappa shape index (κ3) is 2.96. The average molecular weight is 266 g/mol. The van der Waals surface area contributed by atoms with E-state index in [0.717, 1.165) is 11.3 Å². The lowest BCUT2D eigenvalue weighted by Crippen LogP contribution is -2.30. The summed E-state index contributed by atoms with van der Waals surface area (Å²) in [6.07, 6.45) is -4.97. The minimum absolute atomic E-state index is 0.0510. The highest BCUT2D eigenvalue weighted by atomic mass is 32.1. The molecule has 0 aliphatic heterocycles. The fourth-order valence-electron chi connectivity index (χ4n) is 1.12. The number of aryl methyl sites for hydroxylation is 1. The van der Waals surface area contributed by atoms with Crippen LogP contribution in [0.3, 0.4) is 0 Å². The second kappa shape index (κ2) is 4.74. The van der Waals surface area contributed by atoms with Crippen LogP contribution in [0.4, 0.5) is 18.2 Å². The van der Waals surface area contributed by atoms with Crippen molar-refractivity contribution in [2.75, 3.05) is 12.4 Å². The van der Waals surface area contributed by atoms with E-state index >= 15 is 0 Å². The number of rotatable bonds is 2. The van der Waals surface area contributed by atoms with Crippen molar-refractivity contribution in [2.45, 2.75) is 13.1 Å². The fraction of sp³-hybridized carbons (Fsp3) is 0.333. The SMILES string of the molecule is CNC(=O)c1c(C)csc1NC(=O)C(F)(F)F. The Morgan fingerprint density at radius 3 is 2.41 bits per heavy atom. The summed E-state index contributed by atoms with van der Waals surface area (Å²) >= 11 is 0.872. The number of anilines is 1. The van der Waals surface area contributed by atoms with Crippen LogP contribution < -0.4 is 10.6 Å². The molecule has 0 aliphatic carbocycles. The lowest BCUT2D eigenvalue weighted by molar-refractivity contribution is -0.167. The predicted molar refractivity (Wildman–Crippen MR) is 57.1 cm³/mol. The summed E-state index contributed by atoms with van der Waals surface area (Å²) in [6, 6.07) is 0. The molecule has 0 aromatic carbocycles. The Morgan fingerprint density at radius 2 is 1.94 bits per heavy atom. The Balaban J connectivity index is 3.01. The molecule has 0 saturated carbocycles. The molecular formula is C9H9F3N2O2S. The number of nitrogens with one attached hydrogen (secondary N) is 2. The van der Waals surface area contributed by atoms with Gasteiger partial charge in [-0.1, -0.05) is 0 Å². The largest absolute Gasteiger partial charge is 0.471 e. The van der Waals surface area contributed by atoms with Gasteiger partial charge in [0.15, 0.2) is 0 Å². The molecule has 0 spiro atoms. The topological polar surface area (TPSA) is 58.2 Å². The van der Waals surface area contributed by atoms with E-state index in [1.807, 2.05) is 0 Å². The normalized spacial score (nSPS) is 11.1. The first-order valence-electron chi connectivity index (χ1n) is 4.45. The van der Waals surface area contributed by atoms with Crippen LogP contribution in [0.25, 0.3) is 0 Å². The molecule has 1 rings (SSSR count). The number of halogens is 3.